The molecule has 0 aliphatic rings. The van der Waals surface area contributed by atoms with E-state index in [2.05, 4.69) is 5.32 Å². The molecule has 1 aromatic rings. The van der Waals surface area contributed by atoms with Crippen molar-refractivity contribution in [2.45, 2.75) is 25.3 Å². The van der Waals surface area contributed by atoms with E-state index in [1.807, 2.05) is 0 Å². The van der Waals surface area contributed by atoms with Crippen LogP contribution in [0.25, 0.3) is 0 Å². The van der Waals surface area contributed by atoms with Crippen molar-refractivity contribution in [3.63, 3.8) is 0 Å². The zero-order valence-electron chi connectivity index (χ0n) is 10.5. The summed E-state index contributed by atoms with van der Waals surface area (Å²) in [4.78, 5) is 10.7. The van der Waals surface area contributed by atoms with Crippen molar-refractivity contribution >= 4 is 5.91 Å². The van der Waals surface area contributed by atoms with Gasteiger partial charge < -0.3 is 20.6 Å². The fourth-order valence-corrected chi connectivity index (χ4v) is 1.55. The number of carbonyl (C=O) groups is 1. The van der Waals surface area contributed by atoms with Crippen molar-refractivity contribution < 1.29 is 33.3 Å². The molecule has 0 aliphatic carbocycles. The van der Waals surface area contributed by atoms with Crippen molar-refractivity contribution in [3.8, 4) is 5.75 Å². The molecule has 20 heavy (non-hydrogen) atoms. The number of rotatable bonds is 4. The Kier molecular flexibility index (Phi) is 4.96. The molecule has 0 bridgehead atoms. The van der Waals surface area contributed by atoms with Crippen LogP contribution in [0.3, 0.4) is 0 Å². The lowest BCUT2D eigenvalue weighted by Gasteiger charge is -2.19. The van der Waals surface area contributed by atoms with Gasteiger partial charge in [-0.15, -0.1) is 0 Å². The second kappa shape index (κ2) is 6.10. The maximum Gasteiger partial charge on any atom is 0.419 e. The number of nitrogens with one attached hydrogen (secondary N) is 1. The molecule has 0 spiro atoms. The minimum atomic E-state index is -4.78. The van der Waals surface area contributed by atoms with E-state index in [4.69, 9.17) is 5.11 Å². The summed E-state index contributed by atoms with van der Waals surface area (Å²) in [6, 6.07) is 2.40. The molecule has 1 aromatic carbocycles. The summed E-state index contributed by atoms with van der Waals surface area (Å²) in [6.45, 7) is 0.889. The van der Waals surface area contributed by atoms with Crippen LogP contribution in [0.15, 0.2) is 18.2 Å². The van der Waals surface area contributed by atoms with Crippen LogP contribution in [-0.2, 0) is 11.0 Å². The van der Waals surface area contributed by atoms with Gasteiger partial charge in [0.05, 0.1) is 5.56 Å². The summed E-state index contributed by atoms with van der Waals surface area (Å²) in [7, 11) is 0. The van der Waals surface area contributed by atoms with Gasteiger partial charge in [0.1, 0.15) is 18.0 Å². The van der Waals surface area contributed by atoms with E-state index in [9.17, 15) is 28.2 Å². The fraction of sp³-hybridized carbons (Fsp3) is 0.417. The molecule has 2 atom stereocenters. The number of aromatic hydroxyl groups is 1. The molecule has 2 unspecified atom stereocenters. The number of phenols is 1. The van der Waals surface area contributed by atoms with Crippen molar-refractivity contribution in [2.75, 3.05) is 6.54 Å². The highest BCUT2D eigenvalue weighted by Crippen LogP contribution is 2.37. The van der Waals surface area contributed by atoms with Gasteiger partial charge in [-0.05, 0) is 17.7 Å². The molecule has 112 valence electrons. The normalized spacial score (nSPS) is 14.7. The number of hydrogen-bond acceptors (Lipinski definition) is 4. The maximum absolute atomic E-state index is 12.6. The zero-order valence-corrected chi connectivity index (χ0v) is 10.5. The molecular formula is C12H14F3NO4. The predicted octanol–water partition coefficient (Wildman–Crippen LogP) is 0.941. The van der Waals surface area contributed by atoms with Crippen LogP contribution in [0.1, 0.15) is 24.2 Å². The van der Waals surface area contributed by atoms with Gasteiger partial charge in [-0.1, -0.05) is 6.07 Å². The summed E-state index contributed by atoms with van der Waals surface area (Å²) >= 11 is 0. The summed E-state index contributed by atoms with van der Waals surface area (Å²) in [5, 5.41) is 30.7. The number of benzene rings is 1. The third-order valence-electron chi connectivity index (χ3n) is 2.59. The van der Waals surface area contributed by atoms with E-state index in [0.717, 1.165) is 12.1 Å². The van der Waals surface area contributed by atoms with E-state index >= 15 is 0 Å². The van der Waals surface area contributed by atoms with Gasteiger partial charge in [0, 0.05) is 13.5 Å². The molecule has 5 nitrogen and oxygen atoms in total. The molecule has 0 radical (unpaired) electrons. The van der Waals surface area contributed by atoms with E-state index in [0.29, 0.717) is 6.07 Å². The monoisotopic (exact) mass is 293 g/mol. The first-order chi connectivity index (χ1) is 9.12. The topological polar surface area (TPSA) is 89.8 Å². The minimum absolute atomic E-state index is 0.215. The number of halogens is 3. The van der Waals surface area contributed by atoms with Gasteiger partial charge in [-0.3, -0.25) is 4.79 Å². The smallest absolute Gasteiger partial charge is 0.419 e. The molecular weight excluding hydrogens is 279 g/mol. The van der Waals surface area contributed by atoms with Crippen LogP contribution in [0, 0.1) is 0 Å². The average molecular weight is 293 g/mol. The molecule has 0 saturated carbocycles. The van der Waals surface area contributed by atoms with E-state index in [1.165, 1.54) is 6.92 Å². The summed E-state index contributed by atoms with van der Waals surface area (Å²) in [5.41, 5.74) is -1.52. The second-order valence-corrected chi connectivity index (χ2v) is 4.22. The Morgan fingerprint density at radius 3 is 2.45 bits per heavy atom. The number of amides is 1. The van der Waals surface area contributed by atoms with Crippen LogP contribution >= 0.6 is 0 Å². The predicted molar refractivity (Wildman–Crippen MR) is 62.8 cm³/mol. The lowest BCUT2D eigenvalue weighted by atomic mass is 10.0. The fourth-order valence-electron chi connectivity index (χ4n) is 1.55. The van der Waals surface area contributed by atoms with Gasteiger partial charge in [0.25, 0.3) is 0 Å². The molecule has 8 heteroatoms. The second-order valence-electron chi connectivity index (χ2n) is 4.22. The third-order valence-corrected chi connectivity index (χ3v) is 2.59. The molecule has 1 rings (SSSR count). The quantitative estimate of drug-likeness (QED) is 0.665. The van der Waals surface area contributed by atoms with Gasteiger partial charge >= 0.3 is 6.18 Å². The Morgan fingerprint density at radius 1 is 1.35 bits per heavy atom. The molecule has 0 fully saturated rings. The molecule has 0 aliphatic heterocycles. The number of aliphatic hydroxyl groups is 2. The lowest BCUT2D eigenvalue weighted by Crippen LogP contribution is -2.34. The third kappa shape index (κ3) is 4.10. The number of phenolic OH excluding ortho intramolecular Hbond substituents is 1. The molecule has 0 aromatic heterocycles. The Morgan fingerprint density at radius 2 is 1.95 bits per heavy atom. The highest BCUT2D eigenvalue weighted by atomic mass is 19.4. The largest absolute Gasteiger partial charge is 0.507 e. The van der Waals surface area contributed by atoms with Crippen LogP contribution in [0.2, 0.25) is 0 Å². The molecule has 0 saturated heterocycles. The summed E-state index contributed by atoms with van der Waals surface area (Å²) in [5.74, 6) is -1.41. The van der Waals surface area contributed by atoms with Gasteiger partial charge in [-0.2, -0.15) is 13.2 Å². The highest BCUT2D eigenvalue weighted by Gasteiger charge is 2.35. The Bertz CT molecular complexity index is 490. The van der Waals surface area contributed by atoms with Gasteiger partial charge in [0.15, 0.2) is 0 Å². The number of aliphatic hydroxyl groups excluding tert-OH is 2. The molecule has 4 N–H and O–H groups in total. The number of hydrogen-bond donors (Lipinski definition) is 4. The first-order valence-corrected chi connectivity index (χ1v) is 5.63. The van der Waals surface area contributed by atoms with Crippen LogP contribution < -0.4 is 5.32 Å². The van der Waals surface area contributed by atoms with Crippen molar-refractivity contribution in [3.05, 3.63) is 29.3 Å². The lowest BCUT2D eigenvalue weighted by molar-refractivity contribution is -0.138. The average Bonchev–Trinajstić information content (AvgIpc) is 2.34. The summed E-state index contributed by atoms with van der Waals surface area (Å²) < 4.78 is 37.8. The highest BCUT2D eigenvalue weighted by molar-refractivity contribution is 5.72. The Labute approximate surface area is 112 Å². The molecule has 1 amide bonds. The van der Waals surface area contributed by atoms with Gasteiger partial charge in [0.2, 0.25) is 5.91 Å². The minimum Gasteiger partial charge on any atom is -0.507 e. The van der Waals surface area contributed by atoms with Crippen molar-refractivity contribution in [1.29, 1.82) is 0 Å². The first-order valence-electron chi connectivity index (χ1n) is 5.63. The van der Waals surface area contributed by atoms with Gasteiger partial charge in [-0.25, -0.2) is 0 Å². The van der Waals surface area contributed by atoms with Crippen LogP contribution in [0.5, 0.6) is 5.75 Å². The van der Waals surface area contributed by atoms with Crippen LogP contribution in [0.4, 0.5) is 13.2 Å². The Balaban J connectivity index is 2.94. The van der Waals surface area contributed by atoms with E-state index in [1.54, 1.807) is 0 Å². The van der Waals surface area contributed by atoms with Crippen molar-refractivity contribution in [2.24, 2.45) is 0 Å². The zero-order chi connectivity index (χ0) is 15.5. The maximum atomic E-state index is 12.6. The number of alkyl halides is 3. The van der Waals surface area contributed by atoms with E-state index < -0.39 is 35.6 Å². The standard InChI is InChI=1S/C12H14F3NO4/c1-6(17)16-5-10(19)11(20)7-2-3-9(18)8(4-7)12(13,14)15/h2-4,10-11,18-20H,5H2,1H3,(H,16,17). The van der Waals surface area contributed by atoms with Crippen molar-refractivity contribution in [1.82, 2.24) is 5.32 Å². The first kappa shape index (κ1) is 16.3. The number of carbonyl (C=O) groups excluding carboxylic acids is 1. The summed E-state index contributed by atoms with van der Waals surface area (Å²) in [6.07, 6.45) is -7.87. The Hall–Kier alpha value is -1.80. The van der Waals surface area contributed by atoms with Crippen LogP contribution in [-0.4, -0.2) is 33.9 Å². The van der Waals surface area contributed by atoms with E-state index in [-0.39, 0.29) is 12.1 Å². The molecule has 0 heterocycles. The SMILES string of the molecule is CC(=O)NCC(O)C(O)c1ccc(O)c(C(F)(F)F)c1.